The Morgan fingerprint density at radius 3 is 2.56 bits per heavy atom. The van der Waals surface area contributed by atoms with Crippen LogP contribution in [0.1, 0.15) is 50.3 Å². The van der Waals surface area contributed by atoms with Crippen molar-refractivity contribution >= 4 is 40.8 Å². The Balaban J connectivity index is 1.56. The number of hydrogen-bond acceptors (Lipinski definition) is 4. The van der Waals surface area contributed by atoms with E-state index in [0.717, 1.165) is 24.1 Å². The Kier molecular flexibility index (Phi) is 7.14. The van der Waals surface area contributed by atoms with E-state index in [9.17, 15) is 14.7 Å². The molecule has 1 aromatic heterocycles. The number of carbonyl (C=O) groups is 2. The van der Waals surface area contributed by atoms with Crippen LogP contribution in [0.25, 0.3) is 11.3 Å². The molecular weight excluding hydrogens is 475 g/mol. The van der Waals surface area contributed by atoms with E-state index in [4.69, 9.17) is 23.2 Å². The van der Waals surface area contributed by atoms with Crippen LogP contribution in [0.15, 0.2) is 42.5 Å². The van der Waals surface area contributed by atoms with Gasteiger partial charge < -0.3 is 15.7 Å². The first kappa shape index (κ1) is 24.1. The summed E-state index contributed by atoms with van der Waals surface area (Å²) in [5.41, 5.74) is 3.07. The van der Waals surface area contributed by atoms with E-state index < -0.39 is 0 Å². The summed E-state index contributed by atoms with van der Waals surface area (Å²) in [6.45, 7) is 4.21. The number of aromatic hydroxyl groups is 1. The fourth-order valence-electron chi connectivity index (χ4n) is 3.66. The maximum atomic E-state index is 13.0. The molecule has 1 saturated carbocycles. The summed E-state index contributed by atoms with van der Waals surface area (Å²) in [5.74, 6) is 0.395. The molecular formula is C25H26Cl2N4O3. The van der Waals surface area contributed by atoms with E-state index in [1.54, 1.807) is 30.3 Å². The van der Waals surface area contributed by atoms with Gasteiger partial charge in [0.2, 0.25) is 5.91 Å². The highest BCUT2D eigenvalue weighted by Gasteiger charge is 2.30. The Bertz CT molecular complexity index is 1230. The lowest BCUT2D eigenvalue weighted by atomic mass is 10.1. The van der Waals surface area contributed by atoms with Crippen molar-refractivity contribution in [1.29, 1.82) is 0 Å². The lowest BCUT2D eigenvalue weighted by molar-refractivity contribution is -0.116. The topological polar surface area (TPSA) is 96.2 Å². The van der Waals surface area contributed by atoms with Gasteiger partial charge in [0.1, 0.15) is 5.75 Å². The Morgan fingerprint density at radius 1 is 1.12 bits per heavy atom. The first-order valence-corrected chi connectivity index (χ1v) is 11.9. The molecule has 178 valence electrons. The summed E-state index contributed by atoms with van der Waals surface area (Å²) >= 11 is 12.0. The fourth-order valence-corrected chi connectivity index (χ4v) is 3.98. The van der Waals surface area contributed by atoms with Crippen molar-refractivity contribution in [3.05, 3.63) is 63.8 Å². The number of benzene rings is 2. The van der Waals surface area contributed by atoms with Crippen molar-refractivity contribution < 1.29 is 14.7 Å². The normalized spacial score (nSPS) is 13.2. The van der Waals surface area contributed by atoms with Gasteiger partial charge >= 0.3 is 6.03 Å². The van der Waals surface area contributed by atoms with Gasteiger partial charge in [-0.3, -0.25) is 4.79 Å². The van der Waals surface area contributed by atoms with Crippen LogP contribution in [0.3, 0.4) is 0 Å². The van der Waals surface area contributed by atoms with Crippen molar-refractivity contribution in [2.75, 3.05) is 5.32 Å². The van der Waals surface area contributed by atoms with Crippen LogP contribution in [0.2, 0.25) is 10.0 Å². The largest absolute Gasteiger partial charge is 0.507 e. The smallest absolute Gasteiger partial charge is 0.342 e. The minimum absolute atomic E-state index is 0.0186. The fraction of sp³-hybridized carbons (Fsp3) is 0.320. The van der Waals surface area contributed by atoms with Gasteiger partial charge in [-0.15, -0.1) is 0 Å². The molecule has 3 aromatic rings. The van der Waals surface area contributed by atoms with Crippen molar-refractivity contribution in [2.45, 2.75) is 45.6 Å². The first-order chi connectivity index (χ1) is 16.2. The van der Waals surface area contributed by atoms with Crippen LogP contribution in [0, 0.1) is 5.92 Å². The third-order valence-electron chi connectivity index (χ3n) is 5.50. The van der Waals surface area contributed by atoms with Gasteiger partial charge in [-0.2, -0.15) is 9.78 Å². The third kappa shape index (κ3) is 5.72. The molecule has 0 bridgehead atoms. The minimum atomic E-state index is -0.375. The molecule has 0 saturated heterocycles. The van der Waals surface area contributed by atoms with Crippen LogP contribution >= 0.6 is 23.2 Å². The summed E-state index contributed by atoms with van der Waals surface area (Å²) in [5, 5.41) is 21.6. The number of nitrogens with zero attached hydrogens (tertiary/aromatic N) is 2. The van der Waals surface area contributed by atoms with Gasteiger partial charge in [-0.1, -0.05) is 43.1 Å². The Labute approximate surface area is 208 Å². The number of rotatable bonds is 7. The molecule has 9 heteroatoms. The predicted octanol–water partition coefficient (Wildman–Crippen LogP) is 6.18. The molecule has 0 aliphatic heterocycles. The third-order valence-corrected chi connectivity index (χ3v) is 6.24. The van der Waals surface area contributed by atoms with Gasteiger partial charge in [0.05, 0.1) is 21.4 Å². The van der Waals surface area contributed by atoms with Gasteiger partial charge in [0.15, 0.2) is 0 Å². The van der Waals surface area contributed by atoms with Crippen LogP contribution in [0.4, 0.5) is 10.5 Å². The van der Waals surface area contributed by atoms with Crippen LogP contribution in [0.5, 0.6) is 5.75 Å². The van der Waals surface area contributed by atoms with E-state index in [-0.39, 0.29) is 36.1 Å². The molecule has 1 aliphatic rings. The van der Waals surface area contributed by atoms with E-state index in [1.807, 2.05) is 19.9 Å². The molecule has 34 heavy (non-hydrogen) atoms. The summed E-state index contributed by atoms with van der Waals surface area (Å²) in [4.78, 5) is 25.1. The molecule has 0 atom stereocenters. The monoisotopic (exact) mass is 500 g/mol. The molecule has 3 N–H and O–H groups in total. The predicted molar refractivity (Wildman–Crippen MR) is 133 cm³/mol. The van der Waals surface area contributed by atoms with Crippen molar-refractivity contribution in [1.82, 2.24) is 15.1 Å². The number of amides is 2. The number of halogens is 2. The molecule has 2 aromatic carbocycles. The van der Waals surface area contributed by atoms with Gasteiger partial charge in [0, 0.05) is 30.1 Å². The van der Waals surface area contributed by atoms with Crippen molar-refractivity contribution in [3.63, 3.8) is 0 Å². The average Bonchev–Trinajstić information content (AvgIpc) is 3.53. The average molecular weight is 501 g/mol. The number of phenols is 1. The molecule has 0 unspecified atom stereocenters. The van der Waals surface area contributed by atoms with E-state index >= 15 is 0 Å². The SMILES string of the molecule is CC(C)CC(=O)Nc1ccc(O)c(-c2cc(C3CC3)n(C(=O)NCc3ccc(Cl)c(Cl)c3)n2)c1. The molecule has 1 fully saturated rings. The van der Waals surface area contributed by atoms with Crippen LogP contribution in [-0.2, 0) is 11.3 Å². The quantitative estimate of drug-likeness (QED) is 0.337. The minimum Gasteiger partial charge on any atom is -0.507 e. The first-order valence-electron chi connectivity index (χ1n) is 11.2. The Morgan fingerprint density at radius 2 is 1.88 bits per heavy atom. The lowest BCUT2D eigenvalue weighted by Crippen LogP contribution is -2.30. The highest BCUT2D eigenvalue weighted by molar-refractivity contribution is 6.42. The van der Waals surface area contributed by atoms with Crippen LogP contribution in [-0.4, -0.2) is 26.8 Å². The van der Waals surface area contributed by atoms with Crippen molar-refractivity contribution in [3.8, 4) is 17.0 Å². The standard InChI is InChI=1S/C25H26Cl2N4O3/c1-14(2)9-24(33)29-17-6-8-23(32)18(11-17)21-12-22(16-4-5-16)31(30-21)25(34)28-13-15-3-7-19(26)20(27)10-15/h3,6-8,10-12,14,16,32H,4-5,9,13H2,1-2H3,(H,28,34)(H,29,33). The number of nitrogens with one attached hydrogen (secondary N) is 2. The zero-order chi connectivity index (χ0) is 24.4. The second-order valence-corrected chi connectivity index (χ2v) is 9.74. The highest BCUT2D eigenvalue weighted by Crippen LogP contribution is 2.42. The van der Waals surface area contributed by atoms with E-state index in [0.29, 0.717) is 33.4 Å². The maximum absolute atomic E-state index is 13.0. The molecule has 1 heterocycles. The molecule has 2 amide bonds. The maximum Gasteiger partial charge on any atom is 0.342 e. The second-order valence-electron chi connectivity index (χ2n) is 8.93. The number of carbonyl (C=O) groups excluding carboxylic acids is 2. The molecule has 4 rings (SSSR count). The number of hydrogen-bond donors (Lipinski definition) is 3. The van der Waals surface area contributed by atoms with Gasteiger partial charge in [0.25, 0.3) is 0 Å². The number of anilines is 1. The number of aromatic nitrogens is 2. The van der Waals surface area contributed by atoms with Crippen molar-refractivity contribution in [2.24, 2.45) is 5.92 Å². The second kappa shape index (κ2) is 10.1. The zero-order valence-corrected chi connectivity index (χ0v) is 20.5. The molecule has 0 radical (unpaired) electrons. The summed E-state index contributed by atoms with van der Waals surface area (Å²) in [6, 6.07) is 11.5. The molecule has 0 spiro atoms. The van der Waals surface area contributed by atoms with E-state index in [2.05, 4.69) is 15.7 Å². The lowest BCUT2D eigenvalue weighted by Gasteiger charge is -2.10. The molecule has 1 aliphatic carbocycles. The van der Waals surface area contributed by atoms with Crippen LogP contribution < -0.4 is 10.6 Å². The summed E-state index contributed by atoms with van der Waals surface area (Å²) < 4.78 is 1.36. The zero-order valence-electron chi connectivity index (χ0n) is 18.9. The van der Waals surface area contributed by atoms with E-state index in [1.165, 1.54) is 10.7 Å². The Hall–Kier alpha value is -3.03. The molecule has 7 nitrogen and oxygen atoms in total. The highest BCUT2D eigenvalue weighted by atomic mass is 35.5. The summed E-state index contributed by atoms with van der Waals surface area (Å²) in [7, 11) is 0. The van der Waals surface area contributed by atoms with Gasteiger partial charge in [-0.05, 0) is 60.7 Å². The number of phenolic OH excluding ortho intramolecular Hbond substituents is 1. The van der Waals surface area contributed by atoms with Gasteiger partial charge in [-0.25, -0.2) is 4.79 Å². The summed E-state index contributed by atoms with van der Waals surface area (Å²) in [6.07, 6.45) is 2.35.